The summed E-state index contributed by atoms with van der Waals surface area (Å²) in [4.78, 5) is 0. The highest BCUT2D eigenvalue weighted by molar-refractivity contribution is 5.09. The summed E-state index contributed by atoms with van der Waals surface area (Å²) in [6, 6.07) is 0. The molecule has 306 valence electrons. The number of aliphatic hydroxyl groups excluding tert-OH is 2. The Balaban J connectivity index is -0.0000000217. The number of aliphatic hydroxyl groups is 2. The third-order valence-corrected chi connectivity index (χ3v) is 9.69. The van der Waals surface area contributed by atoms with Crippen molar-refractivity contribution in [3.05, 3.63) is 0 Å². The maximum Gasteiger partial charge on any atom is 0.0545 e. The number of rotatable bonds is 2. The molecule has 0 bridgehead atoms. The van der Waals surface area contributed by atoms with Crippen LogP contribution < -0.4 is 0 Å². The van der Waals surface area contributed by atoms with Crippen LogP contribution in [0.2, 0.25) is 0 Å². The first-order valence-corrected chi connectivity index (χ1v) is 10.7. The second kappa shape index (κ2) is 43.9. The van der Waals surface area contributed by atoms with Gasteiger partial charge in [0.05, 0.1) is 6.10 Å². The second-order valence-electron chi connectivity index (χ2n) is 10.4. The van der Waals surface area contributed by atoms with Crippen LogP contribution in [-0.2, 0) is 0 Å². The Labute approximate surface area is 303 Å². The van der Waals surface area contributed by atoms with Gasteiger partial charge in [-0.05, 0) is 111 Å². The van der Waals surface area contributed by atoms with Crippen molar-refractivity contribution >= 4 is 0 Å². The predicted molar refractivity (Wildman–Crippen MR) is 239 cm³/mol. The molecule has 2 N–H and O–H groups in total. The molecule has 4 aliphatic rings. The minimum atomic E-state index is -0.136. The van der Waals surface area contributed by atoms with Crippen LogP contribution in [0, 0.1) is 46.3 Å². The maximum absolute atomic E-state index is 10.3. The van der Waals surface area contributed by atoms with Crippen LogP contribution in [0.1, 0.15) is 235 Å². The molecule has 0 spiro atoms. The molecular weight excluding hydrogens is 548 g/mol. The first kappa shape index (κ1) is 120. The average molecular weight is 671 g/mol. The Hall–Kier alpha value is -0.0800. The van der Waals surface area contributed by atoms with Crippen LogP contribution in [0.15, 0.2) is 0 Å². The molecule has 9 atom stereocenters. The third kappa shape index (κ3) is 18.9. The summed E-state index contributed by atoms with van der Waals surface area (Å²) in [6.45, 7) is 7.54. The van der Waals surface area contributed by atoms with Gasteiger partial charge < -0.3 is 10.2 Å². The molecule has 0 radical (unpaired) electrons. The standard InChI is InChI=1S/C22H38O2.21CH4/c1-14(24)18-6-7-19-17-5-4-16-12-15(13-23)8-10-21(16,2)20(17)9-11-22(18,19)3;;;;;;;;;;;;;;;;;;;;;/h14-20,23-24H,4-13H2,1-3H3;21*1H4/t14-,15?,16?,17?,18-,19?,20?,21+,22-;;;;;;;;;;;;;;;;;;;;;/m1...................../s1. The van der Waals surface area contributed by atoms with E-state index in [2.05, 4.69) is 13.8 Å². The van der Waals surface area contributed by atoms with Crippen molar-refractivity contribution < 1.29 is 10.2 Å². The van der Waals surface area contributed by atoms with Gasteiger partial charge in [0, 0.05) is 6.61 Å². The van der Waals surface area contributed by atoms with Crippen LogP contribution >= 0.6 is 0 Å². The van der Waals surface area contributed by atoms with Gasteiger partial charge in [-0.2, -0.15) is 0 Å². The lowest BCUT2D eigenvalue weighted by molar-refractivity contribution is -0.126. The summed E-state index contributed by atoms with van der Waals surface area (Å²) in [5.74, 6) is 4.60. The molecule has 2 nitrogen and oxygen atoms in total. The van der Waals surface area contributed by atoms with Crippen molar-refractivity contribution in [1.29, 1.82) is 0 Å². The summed E-state index contributed by atoms with van der Waals surface area (Å²) in [5, 5.41) is 19.9. The molecule has 0 heterocycles. The van der Waals surface area contributed by atoms with E-state index in [-0.39, 0.29) is 162 Å². The first-order valence-electron chi connectivity index (χ1n) is 10.7. The zero-order valence-corrected chi connectivity index (χ0v) is 16.0. The highest BCUT2D eigenvalue weighted by Crippen LogP contribution is 2.68. The van der Waals surface area contributed by atoms with E-state index >= 15 is 0 Å². The molecule has 0 aromatic carbocycles. The molecule has 4 saturated carbocycles. The molecular formula is C43H122O2. The van der Waals surface area contributed by atoms with Gasteiger partial charge in [-0.25, -0.2) is 0 Å². The largest absolute Gasteiger partial charge is 0.396 e. The maximum atomic E-state index is 10.3. The summed E-state index contributed by atoms with van der Waals surface area (Å²) < 4.78 is 0. The van der Waals surface area contributed by atoms with Gasteiger partial charge in [0.2, 0.25) is 0 Å². The van der Waals surface area contributed by atoms with Crippen molar-refractivity contribution in [2.24, 2.45) is 46.3 Å². The Morgan fingerprint density at radius 1 is 0.511 bits per heavy atom. The zero-order valence-electron chi connectivity index (χ0n) is 16.0. The Morgan fingerprint density at radius 2 is 0.889 bits per heavy atom. The topological polar surface area (TPSA) is 40.5 Å². The molecule has 0 aliphatic heterocycles. The lowest BCUT2D eigenvalue weighted by Gasteiger charge is -2.61. The van der Waals surface area contributed by atoms with Crippen LogP contribution in [0.25, 0.3) is 0 Å². The number of hydrogen-bond donors (Lipinski definition) is 2. The third-order valence-electron chi connectivity index (χ3n) is 9.69. The van der Waals surface area contributed by atoms with E-state index in [0.717, 1.165) is 23.7 Å². The molecule has 4 fully saturated rings. The molecule has 0 aromatic heterocycles. The monoisotopic (exact) mass is 671 g/mol. The molecule has 45 heavy (non-hydrogen) atoms. The Morgan fingerprint density at radius 3 is 1.27 bits per heavy atom. The molecule has 0 saturated heterocycles. The molecule has 0 aromatic rings. The van der Waals surface area contributed by atoms with Crippen molar-refractivity contribution in [2.75, 3.05) is 6.61 Å². The summed E-state index contributed by atoms with van der Waals surface area (Å²) >= 11 is 0. The van der Waals surface area contributed by atoms with Gasteiger partial charge in [0.15, 0.2) is 0 Å². The van der Waals surface area contributed by atoms with Crippen LogP contribution in [-0.4, -0.2) is 22.9 Å². The number of hydrogen-bond acceptors (Lipinski definition) is 2. The van der Waals surface area contributed by atoms with Crippen molar-refractivity contribution in [3.8, 4) is 0 Å². The average Bonchev–Trinajstić information content (AvgIpc) is 2.91. The van der Waals surface area contributed by atoms with Gasteiger partial charge in [-0.3, -0.25) is 0 Å². The van der Waals surface area contributed by atoms with E-state index in [9.17, 15) is 10.2 Å². The molecule has 4 rings (SSSR count). The lowest BCUT2D eigenvalue weighted by Crippen LogP contribution is -2.54. The predicted octanol–water partition coefficient (Wildman–Crippen LogP) is 18.0. The zero-order chi connectivity index (χ0) is 17.1. The van der Waals surface area contributed by atoms with Gasteiger partial charge in [-0.15, -0.1) is 0 Å². The smallest absolute Gasteiger partial charge is 0.0545 e. The Bertz CT molecular complexity index is 476. The summed E-state index contributed by atoms with van der Waals surface area (Å²) in [7, 11) is 0. The fourth-order valence-corrected chi connectivity index (χ4v) is 8.35. The number of fused-ring (bicyclic) bond motifs is 5. The molecule has 0 amide bonds. The first-order chi connectivity index (χ1) is 11.4. The fraction of sp³-hybridized carbons (Fsp3) is 1.00. The minimum Gasteiger partial charge on any atom is -0.396 e. The Kier molecular flexibility index (Phi) is 117. The lowest BCUT2D eigenvalue weighted by atomic mass is 9.44. The van der Waals surface area contributed by atoms with Gasteiger partial charge in [-0.1, -0.05) is 170 Å². The van der Waals surface area contributed by atoms with Crippen molar-refractivity contribution in [1.82, 2.24) is 0 Å². The van der Waals surface area contributed by atoms with Crippen LogP contribution in [0.3, 0.4) is 0 Å². The molecule has 5 unspecified atom stereocenters. The fourth-order valence-electron chi connectivity index (χ4n) is 8.35. The molecule has 4 aliphatic carbocycles. The van der Waals surface area contributed by atoms with E-state index in [1.807, 2.05) is 6.92 Å². The van der Waals surface area contributed by atoms with E-state index in [0.29, 0.717) is 29.3 Å². The van der Waals surface area contributed by atoms with E-state index in [1.54, 1.807) is 0 Å². The van der Waals surface area contributed by atoms with Crippen molar-refractivity contribution in [3.63, 3.8) is 0 Å². The van der Waals surface area contributed by atoms with Gasteiger partial charge >= 0.3 is 0 Å². The summed E-state index contributed by atoms with van der Waals surface area (Å²) in [5.41, 5.74) is 0.916. The van der Waals surface area contributed by atoms with Crippen LogP contribution in [0.5, 0.6) is 0 Å². The van der Waals surface area contributed by atoms with Gasteiger partial charge in [0.25, 0.3) is 0 Å². The van der Waals surface area contributed by atoms with E-state index in [1.165, 1.54) is 57.8 Å². The molecule has 2 heteroatoms. The SMILES string of the molecule is C.C.C.C.C.C.C.C.C.C.C.C.C.C.C.C.C.C.C.C.C.C[C@@H](O)[C@H]1CCC2C3CCC4CC(CO)CC[C@]4(C)C3CC[C@@]21C. The van der Waals surface area contributed by atoms with E-state index in [4.69, 9.17) is 0 Å². The van der Waals surface area contributed by atoms with Gasteiger partial charge in [0.1, 0.15) is 0 Å². The highest BCUT2D eigenvalue weighted by atomic mass is 16.3. The minimum absolute atomic E-state index is 0. The summed E-state index contributed by atoms with van der Waals surface area (Å²) in [6.07, 6.45) is 11.8. The van der Waals surface area contributed by atoms with Crippen LogP contribution in [0.4, 0.5) is 0 Å². The quantitative estimate of drug-likeness (QED) is 0.307. The second-order valence-corrected chi connectivity index (χ2v) is 10.4. The normalized spacial score (nSPS) is 29.5. The van der Waals surface area contributed by atoms with Crippen molar-refractivity contribution in [2.45, 2.75) is 241 Å². The van der Waals surface area contributed by atoms with E-state index < -0.39 is 0 Å². The highest BCUT2D eigenvalue weighted by Gasteiger charge is 2.60.